The highest BCUT2D eigenvalue weighted by Crippen LogP contribution is 2.19. The Labute approximate surface area is 113 Å². The molecule has 0 heterocycles. The molecule has 0 unspecified atom stereocenters. The minimum Gasteiger partial charge on any atom is -0.381 e. The first-order valence-electron chi connectivity index (χ1n) is 5.37. The van der Waals surface area contributed by atoms with E-state index in [1.165, 1.54) is 6.07 Å². The molecular weight excluding hydrogens is 295 g/mol. The molecule has 0 aliphatic carbocycles. The lowest BCUT2D eigenvalue weighted by atomic mass is 10.1. The normalized spacial score (nSPS) is 9.83. The Kier molecular flexibility index (Phi) is 3.96. The van der Waals surface area contributed by atoms with Gasteiger partial charge in [-0.15, -0.1) is 0 Å². The Morgan fingerprint density at radius 3 is 2.50 bits per heavy atom. The first-order valence-corrected chi connectivity index (χ1v) is 6.16. The Hall–Kier alpha value is -1.86. The molecule has 0 amide bonds. The SMILES string of the molecule is N#Cc1ccc(CNc2ccc(Br)c(F)c2)cc1. The Bertz CT molecular complexity index is 588. The van der Waals surface area contributed by atoms with Crippen LogP contribution < -0.4 is 5.32 Å². The van der Waals surface area contributed by atoms with Crippen LogP contribution in [0.5, 0.6) is 0 Å². The average Bonchev–Trinajstić information content (AvgIpc) is 2.41. The molecule has 0 saturated heterocycles. The van der Waals surface area contributed by atoms with Gasteiger partial charge in [-0.2, -0.15) is 5.26 Å². The summed E-state index contributed by atoms with van der Waals surface area (Å²) in [6.07, 6.45) is 0. The highest BCUT2D eigenvalue weighted by molar-refractivity contribution is 9.10. The topological polar surface area (TPSA) is 35.8 Å². The van der Waals surface area contributed by atoms with Crippen LogP contribution >= 0.6 is 15.9 Å². The van der Waals surface area contributed by atoms with Gasteiger partial charge in [-0.05, 0) is 51.8 Å². The van der Waals surface area contributed by atoms with Gasteiger partial charge < -0.3 is 5.32 Å². The largest absolute Gasteiger partial charge is 0.381 e. The maximum atomic E-state index is 13.3. The predicted molar refractivity (Wildman–Crippen MR) is 72.6 cm³/mol. The molecule has 2 rings (SSSR count). The summed E-state index contributed by atoms with van der Waals surface area (Å²) >= 11 is 3.11. The maximum Gasteiger partial charge on any atom is 0.139 e. The van der Waals surface area contributed by atoms with Crippen LogP contribution in [0.15, 0.2) is 46.9 Å². The van der Waals surface area contributed by atoms with Crippen LogP contribution in [0.1, 0.15) is 11.1 Å². The van der Waals surface area contributed by atoms with Crippen molar-refractivity contribution in [2.45, 2.75) is 6.54 Å². The van der Waals surface area contributed by atoms with Gasteiger partial charge in [0.2, 0.25) is 0 Å². The van der Waals surface area contributed by atoms with Crippen molar-refractivity contribution in [2.75, 3.05) is 5.32 Å². The van der Waals surface area contributed by atoms with E-state index >= 15 is 0 Å². The quantitative estimate of drug-likeness (QED) is 0.927. The van der Waals surface area contributed by atoms with E-state index in [2.05, 4.69) is 27.3 Å². The molecule has 2 aromatic rings. The van der Waals surface area contributed by atoms with Gasteiger partial charge in [0.1, 0.15) is 5.82 Å². The van der Waals surface area contributed by atoms with E-state index in [0.717, 1.165) is 11.3 Å². The third kappa shape index (κ3) is 3.08. The molecule has 0 aromatic heterocycles. The van der Waals surface area contributed by atoms with Crippen molar-refractivity contribution < 1.29 is 4.39 Å². The van der Waals surface area contributed by atoms with Crippen LogP contribution in [0.3, 0.4) is 0 Å². The zero-order valence-corrected chi connectivity index (χ0v) is 11.0. The number of anilines is 1. The lowest BCUT2D eigenvalue weighted by Crippen LogP contribution is -1.99. The van der Waals surface area contributed by atoms with E-state index in [0.29, 0.717) is 16.6 Å². The van der Waals surface area contributed by atoms with Crippen LogP contribution in [0.25, 0.3) is 0 Å². The van der Waals surface area contributed by atoms with Crippen molar-refractivity contribution >= 4 is 21.6 Å². The molecule has 2 aromatic carbocycles. The van der Waals surface area contributed by atoms with E-state index in [1.54, 1.807) is 24.3 Å². The molecule has 18 heavy (non-hydrogen) atoms. The Morgan fingerprint density at radius 1 is 1.17 bits per heavy atom. The third-order valence-electron chi connectivity index (χ3n) is 2.50. The van der Waals surface area contributed by atoms with Gasteiger partial charge in [-0.1, -0.05) is 12.1 Å². The molecule has 0 aliphatic heterocycles. The smallest absolute Gasteiger partial charge is 0.139 e. The van der Waals surface area contributed by atoms with Crippen LogP contribution in [-0.2, 0) is 6.54 Å². The number of nitriles is 1. The predicted octanol–water partition coefficient (Wildman–Crippen LogP) is 4.07. The average molecular weight is 305 g/mol. The second-order valence-corrected chi connectivity index (χ2v) is 4.65. The van der Waals surface area contributed by atoms with Gasteiger partial charge >= 0.3 is 0 Å². The van der Waals surface area contributed by atoms with Gasteiger partial charge in [0.05, 0.1) is 16.1 Å². The van der Waals surface area contributed by atoms with E-state index in [1.807, 2.05) is 12.1 Å². The number of hydrogen-bond acceptors (Lipinski definition) is 2. The van der Waals surface area contributed by atoms with Gasteiger partial charge in [0.15, 0.2) is 0 Å². The molecule has 2 nitrogen and oxygen atoms in total. The molecule has 0 bridgehead atoms. The molecule has 90 valence electrons. The van der Waals surface area contributed by atoms with Gasteiger partial charge in [0.25, 0.3) is 0 Å². The first kappa shape index (κ1) is 12.6. The molecule has 0 atom stereocenters. The third-order valence-corrected chi connectivity index (χ3v) is 3.14. The zero-order valence-electron chi connectivity index (χ0n) is 9.45. The van der Waals surface area contributed by atoms with Crippen molar-refractivity contribution in [3.8, 4) is 6.07 Å². The maximum absolute atomic E-state index is 13.3. The van der Waals surface area contributed by atoms with Gasteiger partial charge in [-0.3, -0.25) is 0 Å². The Morgan fingerprint density at radius 2 is 1.89 bits per heavy atom. The number of hydrogen-bond donors (Lipinski definition) is 1. The molecule has 4 heteroatoms. The highest BCUT2D eigenvalue weighted by Gasteiger charge is 2.00. The first-order chi connectivity index (χ1) is 8.69. The standard InChI is InChI=1S/C14H10BrFN2/c15-13-6-5-12(7-14(13)16)18-9-11-3-1-10(8-17)2-4-11/h1-7,18H,9H2. The van der Waals surface area contributed by atoms with Crippen molar-refractivity contribution in [3.05, 3.63) is 63.9 Å². The van der Waals surface area contributed by atoms with Crippen molar-refractivity contribution in [2.24, 2.45) is 0 Å². The Balaban J connectivity index is 2.02. The van der Waals surface area contributed by atoms with Crippen molar-refractivity contribution in [3.63, 3.8) is 0 Å². The minimum absolute atomic E-state index is 0.292. The van der Waals surface area contributed by atoms with Gasteiger partial charge in [-0.25, -0.2) is 4.39 Å². The second kappa shape index (κ2) is 5.65. The summed E-state index contributed by atoms with van der Waals surface area (Å²) in [6, 6.07) is 14.2. The molecule has 0 fully saturated rings. The summed E-state index contributed by atoms with van der Waals surface area (Å²) in [5.74, 6) is -0.292. The van der Waals surface area contributed by atoms with Crippen LogP contribution in [0.2, 0.25) is 0 Å². The highest BCUT2D eigenvalue weighted by atomic mass is 79.9. The van der Waals surface area contributed by atoms with E-state index in [-0.39, 0.29) is 5.82 Å². The number of halogens is 2. The van der Waals surface area contributed by atoms with E-state index in [4.69, 9.17) is 5.26 Å². The summed E-state index contributed by atoms with van der Waals surface area (Å²) in [7, 11) is 0. The lowest BCUT2D eigenvalue weighted by molar-refractivity contribution is 0.621. The van der Waals surface area contributed by atoms with E-state index in [9.17, 15) is 4.39 Å². The fraction of sp³-hybridized carbons (Fsp3) is 0.0714. The summed E-state index contributed by atoms with van der Waals surface area (Å²) in [5.41, 5.74) is 2.39. The molecule has 0 aliphatic rings. The summed E-state index contributed by atoms with van der Waals surface area (Å²) in [6.45, 7) is 0.590. The van der Waals surface area contributed by atoms with Gasteiger partial charge in [0, 0.05) is 12.2 Å². The van der Waals surface area contributed by atoms with Crippen molar-refractivity contribution in [1.29, 1.82) is 5.26 Å². The minimum atomic E-state index is -0.292. The van der Waals surface area contributed by atoms with Crippen LogP contribution in [0.4, 0.5) is 10.1 Å². The van der Waals surface area contributed by atoms with Crippen molar-refractivity contribution in [1.82, 2.24) is 0 Å². The van der Waals surface area contributed by atoms with Crippen LogP contribution in [0, 0.1) is 17.1 Å². The molecule has 0 saturated carbocycles. The fourth-order valence-electron chi connectivity index (χ4n) is 1.51. The number of rotatable bonds is 3. The second-order valence-electron chi connectivity index (χ2n) is 3.79. The molecular formula is C14H10BrFN2. The molecule has 0 spiro atoms. The summed E-state index contributed by atoms with van der Waals surface area (Å²) in [5, 5.41) is 11.8. The van der Waals surface area contributed by atoms with Crippen LogP contribution in [-0.4, -0.2) is 0 Å². The number of nitrogens with one attached hydrogen (secondary N) is 1. The number of benzene rings is 2. The summed E-state index contributed by atoms with van der Waals surface area (Å²) in [4.78, 5) is 0. The molecule has 0 radical (unpaired) electrons. The lowest BCUT2D eigenvalue weighted by Gasteiger charge is -2.07. The number of nitrogens with zero attached hydrogens (tertiary/aromatic N) is 1. The molecule has 1 N–H and O–H groups in total. The summed E-state index contributed by atoms with van der Waals surface area (Å²) < 4.78 is 13.7. The van der Waals surface area contributed by atoms with E-state index < -0.39 is 0 Å². The monoisotopic (exact) mass is 304 g/mol. The fourth-order valence-corrected chi connectivity index (χ4v) is 1.75. The zero-order chi connectivity index (χ0) is 13.0.